The average Bonchev–Trinajstić information content (AvgIpc) is 2.76. The van der Waals surface area contributed by atoms with Crippen LogP contribution >= 0.6 is 0 Å². The lowest BCUT2D eigenvalue weighted by Crippen LogP contribution is -2.34. The van der Waals surface area contributed by atoms with Crippen molar-refractivity contribution in [3.05, 3.63) is 105 Å². The van der Waals surface area contributed by atoms with Gasteiger partial charge in [0.25, 0.3) is 11.5 Å². The summed E-state index contributed by atoms with van der Waals surface area (Å²) in [5.74, 6) is -1.11. The number of amides is 1. The van der Waals surface area contributed by atoms with Crippen LogP contribution in [0.2, 0.25) is 0 Å². The van der Waals surface area contributed by atoms with Crippen LogP contribution in [-0.4, -0.2) is 23.2 Å². The van der Waals surface area contributed by atoms with Crippen LogP contribution in [0.25, 0.3) is 0 Å². The summed E-state index contributed by atoms with van der Waals surface area (Å²) in [5, 5.41) is 2.42. The van der Waals surface area contributed by atoms with Gasteiger partial charge in [-0.05, 0) is 34.4 Å². The molecule has 0 saturated carbocycles. The lowest BCUT2D eigenvalue weighted by molar-refractivity contribution is -0.141. The van der Waals surface area contributed by atoms with E-state index in [0.29, 0.717) is 12.1 Å². The maximum Gasteiger partial charge on any atom is 0.431 e. The fourth-order valence-corrected chi connectivity index (χ4v) is 3.50. The molecule has 0 aliphatic rings. The first kappa shape index (κ1) is 27.8. The van der Waals surface area contributed by atoms with Gasteiger partial charge in [-0.15, -0.1) is 0 Å². The molecule has 198 valence electrons. The number of aromatic nitrogens is 1. The van der Waals surface area contributed by atoms with Crippen LogP contribution in [0.4, 0.5) is 39.5 Å². The molecule has 0 saturated heterocycles. The molecule has 2 aromatic carbocycles. The van der Waals surface area contributed by atoms with E-state index in [1.54, 1.807) is 4.98 Å². The molecule has 3 aromatic rings. The van der Waals surface area contributed by atoms with E-state index in [1.165, 1.54) is 24.3 Å². The van der Waals surface area contributed by atoms with Gasteiger partial charge in [-0.2, -0.15) is 39.5 Å². The number of rotatable bonds is 6. The number of hydrogen-bond donors (Lipinski definition) is 2. The van der Waals surface area contributed by atoms with Gasteiger partial charge in [0.2, 0.25) is 0 Å². The highest BCUT2D eigenvalue weighted by Crippen LogP contribution is 2.29. The van der Waals surface area contributed by atoms with Crippen LogP contribution in [0.5, 0.6) is 0 Å². The Labute approximate surface area is 203 Å². The standard InChI is InChI=1S/C24H17F9N2O2/c25-22(26,27)11-13-1-5-15(6-2-13)19(16-7-3-14(4-8-16)12-23(28,29)30)35-21(37)17-9-10-18(24(31,32)33)34-20(17)36/h1-10,19H,11-12H2,(H,34,36)(H,35,37). The van der Waals surface area contributed by atoms with Crippen molar-refractivity contribution in [1.29, 1.82) is 0 Å². The van der Waals surface area contributed by atoms with Gasteiger partial charge in [-0.1, -0.05) is 48.5 Å². The quantitative estimate of drug-likeness (QED) is 0.373. The predicted molar refractivity (Wildman–Crippen MR) is 114 cm³/mol. The summed E-state index contributed by atoms with van der Waals surface area (Å²) in [6.07, 6.45) is -16.3. The predicted octanol–water partition coefficient (Wildman–Crippen LogP) is 6.12. The molecule has 0 aliphatic heterocycles. The number of carbonyl (C=O) groups is 1. The Balaban J connectivity index is 1.95. The summed E-state index contributed by atoms with van der Waals surface area (Å²) in [6, 6.07) is 9.59. The monoisotopic (exact) mass is 536 g/mol. The Morgan fingerprint density at radius 3 is 1.49 bits per heavy atom. The van der Waals surface area contributed by atoms with Gasteiger partial charge < -0.3 is 10.3 Å². The normalized spacial score (nSPS) is 12.6. The summed E-state index contributed by atoms with van der Waals surface area (Å²) in [7, 11) is 0. The van der Waals surface area contributed by atoms with E-state index >= 15 is 0 Å². The van der Waals surface area contributed by atoms with Gasteiger partial charge in [0.15, 0.2) is 0 Å². The Bertz CT molecular complexity index is 1230. The van der Waals surface area contributed by atoms with Gasteiger partial charge >= 0.3 is 18.5 Å². The fraction of sp³-hybridized carbons (Fsp3) is 0.250. The molecular weight excluding hydrogens is 519 g/mol. The molecule has 4 nitrogen and oxygen atoms in total. The van der Waals surface area contributed by atoms with Crippen LogP contribution in [0, 0.1) is 0 Å². The number of nitrogens with one attached hydrogen (secondary N) is 2. The van der Waals surface area contributed by atoms with Crippen molar-refractivity contribution >= 4 is 5.91 Å². The van der Waals surface area contributed by atoms with Gasteiger partial charge in [-0.25, -0.2) is 0 Å². The molecule has 0 bridgehead atoms. The molecule has 0 aliphatic carbocycles. The molecule has 1 heterocycles. The molecule has 1 amide bonds. The zero-order valence-electron chi connectivity index (χ0n) is 18.5. The molecule has 0 unspecified atom stereocenters. The Hall–Kier alpha value is -3.77. The minimum Gasteiger partial charge on any atom is -0.341 e. The lowest BCUT2D eigenvalue weighted by atomic mass is 9.95. The zero-order chi connectivity index (χ0) is 27.6. The van der Waals surface area contributed by atoms with E-state index in [0.717, 1.165) is 24.3 Å². The molecule has 2 N–H and O–H groups in total. The maximum absolute atomic E-state index is 12.8. The Morgan fingerprint density at radius 1 is 0.703 bits per heavy atom. The minimum atomic E-state index is -4.87. The molecule has 37 heavy (non-hydrogen) atoms. The second kappa shape index (κ2) is 10.3. The molecule has 1 aromatic heterocycles. The van der Waals surface area contributed by atoms with Crippen LogP contribution < -0.4 is 10.9 Å². The topological polar surface area (TPSA) is 62.0 Å². The summed E-state index contributed by atoms with van der Waals surface area (Å²) in [4.78, 5) is 26.4. The maximum atomic E-state index is 12.8. The van der Waals surface area contributed by atoms with Gasteiger partial charge in [0.05, 0.1) is 18.9 Å². The SMILES string of the molecule is O=C(NC(c1ccc(CC(F)(F)F)cc1)c1ccc(CC(F)(F)F)cc1)c1ccc(C(F)(F)F)[nH]c1=O. The largest absolute Gasteiger partial charge is 0.431 e. The van der Waals surface area contributed by atoms with Crippen molar-refractivity contribution in [3.63, 3.8) is 0 Å². The third-order valence-electron chi connectivity index (χ3n) is 5.17. The first-order valence-electron chi connectivity index (χ1n) is 10.4. The third kappa shape index (κ3) is 7.86. The smallest absolute Gasteiger partial charge is 0.341 e. The first-order chi connectivity index (χ1) is 17.0. The number of aromatic amines is 1. The third-order valence-corrected chi connectivity index (χ3v) is 5.17. The fourth-order valence-electron chi connectivity index (χ4n) is 3.50. The van der Waals surface area contributed by atoms with Crippen LogP contribution in [0.15, 0.2) is 65.5 Å². The van der Waals surface area contributed by atoms with E-state index in [4.69, 9.17) is 0 Å². The Morgan fingerprint density at radius 2 is 1.14 bits per heavy atom. The van der Waals surface area contributed by atoms with Crippen LogP contribution in [-0.2, 0) is 19.0 Å². The highest BCUT2D eigenvalue weighted by molar-refractivity contribution is 5.94. The second-order valence-electron chi connectivity index (χ2n) is 8.09. The first-order valence-corrected chi connectivity index (χ1v) is 10.4. The number of benzene rings is 2. The number of hydrogen-bond acceptors (Lipinski definition) is 2. The van der Waals surface area contributed by atoms with E-state index in [1.807, 2.05) is 0 Å². The average molecular weight is 536 g/mol. The van der Waals surface area contributed by atoms with Gasteiger partial charge in [0, 0.05) is 0 Å². The van der Waals surface area contributed by atoms with E-state index in [2.05, 4.69) is 5.32 Å². The summed E-state index contributed by atoms with van der Waals surface area (Å²) >= 11 is 0. The van der Waals surface area contributed by atoms with Crippen molar-refractivity contribution in [2.24, 2.45) is 0 Å². The summed E-state index contributed by atoms with van der Waals surface area (Å²) in [5.41, 5.74) is -3.17. The minimum absolute atomic E-state index is 0.0963. The van der Waals surface area contributed by atoms with E-state index in [9.17, 15) is 49.1 Å². The number of halogens is 9. The molecule has 0 radical (unpaired) electrons. The van der Waals surface area contributed by atoms with Crippen LogP contribution in [0.1, 0.15) is 44.3 Å². The number of H-pyrrole nitrogens is 1. The number of carbonyl (C=O) groups excluding carboxylic acids is 1. The van der Waals surface area contributed by atoms with E-state index in [-0.39, 0.29) is 22.3 Å². The van der Waals surface area contributed by atoms with Crippen molar-refractivity contribution in [3.8, 4) is 0 Å². The molecule has 0 spiro atoms. The zero-order valence-corrected chi connectivity index (χ0v) is 18.5. The number of alkyl halides is 9. The molecular formula is C24H17F9N2O2. The van der Waals surface area contributed by atoms with Gasteiger partial charge in [-0.3, -0.25) is 9.59 Å². The van der Waals surface area contributed by atoms with Crippen molar-refractivity contribution in [1.82, 2.24) is 10.3 Å². The molecule has 3 rings (SSSR count). The number of pyridine rings is 1. The van der Waals surface area contributed by atoms with Crippen molar-refractivity contribution in [2.45, 2.75) is 37.4 Å². The Kier molecular flexibility index (Phi) is 7.75. The van der Waals surface area contributed by atoms with Crippen molar-refractivity contribution < 1.29 is 44.3 Å². The summed E-state index contributed by atoms with van der Waals surface area (Å²) < 4.78 is 115. The molecule has 13 heteroatoms. The molecule has 0 atom stereocenters. The second-order valence-corrected chi connectivity index (χ2v) is 8.09. The van der Waals surface area contributed by atoms with Gasteiger partial charge in [0.1, 0.15) is 11.3 Å². The highest BCUT2D eigenvalue weighted by atomic mass is 19.4. The lowest BCUT2D eigenvalue weighted by Gasteiger charge is -2.21. The summed E-state index contributed by atoms with van der Waals surface area (Å²) in [6.45, 7) is 0. The van der Waals surface area contributed by atoms with E-state index < -0.39 is 60.1 Å². The van der Waals surface area contributed by atoms with Crippen molar-refractivity contribution in [2.75, 3.05) is 0 Å². The highest BCUT2D eigenvalue weighted by Gasteiger charge is 2.33. The van der Waals surface area contributed by atoms with Crippen LogP contribution in [0.3, 0.4) is 0 Å². The molecule has 0 fully saturated rings.